The second-order valence-electron chi connectivity index (χ2n) is 4.58. The molecule has 0 aliphatic rings. The van der Waals surface area contributed by atoms with E-state index in [1.165, 1.54) is 4.68 Å². The zero-order valence-corrected chi connectivity index (χ0v) is 13.7. The van der Waals surface area contributed by atoms with Crippen molar-refractivity contribution in [3.8, 4) is 5.75 Å². The van der Waals surface area contributed by atoms with E-state index in [4.69, 9.17) is 4.74 Å². The van der Waals surface area contributed by atoms with Gasteiger partial charge < -0.3 is 10.1 Å². The Bertz CT molecular complexity index is 670. The first-order chi connectivity index (χ1) is 10.1. The third kappa shape index (κ3) is 4.07. The summed E-state index contributed by atoms with van der Waals surface area (Å²) in [5.74, 6) is 0.843. The van der Waals surface area contributed by atoms with Crippen LogP contribution < -0.4 is 15.6 Å². The molecule has 0 spiro atoms. The largest absolute Gasteiger partial charge is 0.492 e. The van der Waals surface area contributed by atoms with Gasteiger partial charge >= 0.3 is 0 Å². The van der Waals surface area contributed by atoms with Crippen LogP contribution in [0.1, 0.15) is 12.5 Å². The average molecular weight is 352 g/mol. The lowest BCUT2D eigenvalue weighted by atomic mass is 10.2. The Kier molecular flexibility index (Phi) is 5.38. The zero-order chi connectivity index (χ0) is 15.2. The SMILES string of the molecule is CCn1ncc(NCCOc2cccc(C)c2)c(Br)c1=O. The maximum absolute atomic E-state index is 11.9. The lowest BCUT2D eigenvalue weighted by molar-refractivity contribution is 0.332. The summed E-state index contributed by atoms with van der Waals surface area (Å²) in [7, 11) is 0. The molecule has 0 saturated carbocycles. The number of benzene rings is 1. The highest BCUT2D eigenvalue weighted by Gasteiger charge is 2.07. The minimum atomic E-state index is -0.137. The second kappa shape index (κ2) is 7.26. The standard InChI is InChI=1S/C15H18BrN3O2/c1-3-19-15(20)14(16)13(10-18-19)17-7-8-21-12-6-4-5-11(2)9-12/h4-6,9-10,17H,3,7-8H2,1-2H3. The molecular formula is C15H18BrN3O2. The molecule has 2 aromatic rings. The lowest BCUT2D eigenvalue weighted by Gasteiger charge is -2.11. The van der Waals surface area contributed by atoms with E-state index in [-0.39, 0.29) is 5.56 Å². The summed E-state index contributed by atoms with van der Waals surface area (Å²) in [6, 6.07) is 7.90. The van der Waals surface area contributed by atoms with Crippen molar-refractivity contribution < 1.29 is 4.74 Å². The van der Waals surface area contributed by atoms with Crippen molar-refractivity contribution in [2.24, 2.45) is 0 Å². The number of nitrogens with zero attached hydrogens (tertiary/aromatic N) is 2. The van der Waals surface area contributed by atoms with Gasteiger partial charge in [0.05, 0.1) is 11.9 Å². The molecule has 0 aliphatic carbocycles. The van der Waals surface area contributed by atoms with E-state index in [0.29, 0.717) is 29.9 Å². The first-order valence-electron chi connectivity index (χ1n) is 6.80. The van der Waals surface area contributed by atoms with Crippen LogP contribution in [0.25, 0.3) is 0 Å². The first kappa shape index (κ1) is 15.6. The van der Waals surface area contributed by atoms with Gasteiger partial charge in [-0.15, -0.1) is 0 Å². The molecular weight excluding hydrogens is 334 g/mol. The molecule has 5 nitrogen and oxygen atoms in total. The van der Waals surface area contributed by atoms with Crippen molar-refractivity contribution in [1.82, 2.24) is 9.78 Å². The van der Waals surface area contributed by atoms with Gasteiger partial charge in [-0.3, -0.25) is 4.79 Å². The molecule has 0 radical (unpaired) electrons. The number of aromatic nitrogens is 2. The molecule has 0 atom stereocenters. The molecule has 2 rings (SSSR count). The summed E-state index contributed by atoms with van der Waals surface area (Å²) in [6.07, 6.45) is 1.64. The van der Waals surface area contributed by atoms with Crippen LogP contribution in [-0.2, 0) is 6.54 Å². The second-order valence-corrected chi connectivity index (χ2v) is 5.38. The predicted molar refractivity (Wildman–Crippen MR) is 87.0 cm³/mol. The molecule has 6 heteroatoms. The van der Waals surface area contributed by atoms with Gasteiger partial charge in [-0.25, -0.2) is 4.68 Å². The van der Waals surface area contributed by atoms with Crippen molar-refractivity contribution in [3.63, 3.8) is 0 Å². The minimum Gasteiger partial charge on any atom is -0.492 e. The fourth-order valence-electron chi connectivity index (χ4n) is 1.87. The number of aryl methyl sites for hydroxylation is 2. The number of nitrogens with one attached hydrogen (secondary N) is 1. The normalized spacial score (nSPS) is 10.4. The monoisotopic (exact) mass is 351 g/mol. The van der Waals surface area contributed by atoms with Gasteiger partial charge in [0.25, 0.3) is 5.56 Å². The number of anilines is 1. The van der Waals surface area contributed by atoms with E-state index < -0.39 is 0 Å². The Balaban J connectivity index is 1.89. The fourth-order valence-corrected chi connectivity index (χ4v) is 2.32. The Morgan fingerprint density at radius 1 is 1.43 bits per heavy atom. The van der Waals surface area contributed by atoms with Crippen molar-refractivity contribution in [1.29, 1.82) is 0 Å². The van der Waals surface area contributed by atoms with E-state index >= 15 is 0 Å². The van der Waals surface area contributed by atoms with Crippen LogP contribution in [0.15, 0.2) is 39.7 Å². The van der Waals surface area contributed by atoms with Gasteiger partial charge in [0.1, 0.15) is 16.8 Å². The molecule has 0 saturated heterocycles. The van der Waals surface area contributed by atoms with Gasteiger partial charge in [-0.1, -0.05) is 12.1 Å². The number of halogens is 1. The number of hydrogen-bond acceptors (Lipinski definition) is 4. The summed E-state index contributed by atoms with van der Waals surface area (Å²) in [5, 5.41) is 7.22. The molecule has 0 unspecified atom stereocenters. The number of hydrogen-bond donors (Lipinski definition) is 1. The van der Waals surface area contributed by atoms with Gasteiger partial charge in [0.15, 0.2) is 0 Å². The quantitative estimate of drug-likeness (QED) is 0.813. The van der Waals surface area contributed by atoms with Crippen LogP contribution in [0.2, 0.25) is 0 Å². The third-order valence-electron chi connectivity index (χ3n) is 2.96. The van der Waals surface area contributed by atoms with Crippen molar-refractivity contribution in [3.05, 3.63) is 50.9 Å². The molecule has 0 aliphatic heterocycles. The molecule has 1 aromatic heterocycles. The maximum Gasteiger partial charge on any atom is 0.283 e. The highest BCUT2D eigenvalue weighted by molar-refractivity contribution is 9.10. The van der Waals surface area contributed by atoms with Crippen molar-refractivity contribution in [2.45, 2.75) is 20.4 Å². The lowest BCUT2D eigenvalue weighted by Crippen LogP contribution is -2.24. The van der Waals surface area contributed by atoms with Gasteiger partial charge in [-0.2, -0.15) is 5.10 Å². The highest BCUT2D eigenvalue weighted by Crippen LogP contribution is 2.16. The van der Waals surface area contributed by atoms with Gasteiger partial charge in [0.2, 0.25) is 0 Å². The van der Waals surface area contributed by atoms with Crippen LogP contribution in [0.4, 0.5) is 5.69 Å². The number of rotatable bonds is 6. The third-order valence-corrected chi connectivity index (χ3v) is 3.73. The first-order valence-corrected chi connectivity index (χ1v) is 7.60. The van der Waals surface area contributed by atoms with Gasteiger partial charge in [-0.05, 0) is 47.5 Å². The van der Waals surface area contributed by atoms with Crippen molar-refractivity contribution in [2.75, 3.05) is 18.5 Å². The van der Waals surface area contributed by atoms with E-state index in [9.17, 15) is 4.79 Å². The van der Waals surface area contributed by atoms with Crippen LogP contribution in [-0.4, -0.2) is 22.9 Å². The van der Waals surface area contributed by atoms with Crippen molar-refractivity contribution >= 4 is 21.6 Å². The summed E-state index contributed by atoms with van der Waals surface area (Å²) in [6.45, 7) is 5.55. The van der Waals surface area contributed by atoms with E-state index in [0.717, 1.165) is 11.3 Å². The molecule has 0 amide bonds. The molecule has 0 fully saturated rings. The molecule has 1 N–H and O–H groups in total. The average Bonchev–Trinajstić information content (AvgIpc) is 2.48. The Hall–Kier alpha value is -1.82. The predicted octanol–water partition coefficient (Wildman–Crippen LogP) is 2.83. The summed E-state index contributed by atoms with van der Waals surface area (Å²) in [4.78, 5) is 11.9. The molecule has 1 heterocycles. The maximum atomic E-state index is 11.9. The zero-order valence-electron chi connectivity index (χ0n) is 12.1. The molecule has 21 heavy (non-hydrogen) atoms. The molecule has 112 valence electrons. The molecule has 1 aromatic carbocycles. The highest BCUT2D eigenvalue weighted by atomic mass is 79.9. The summed E-state index contributed by atoms with van der Waals surface area (Å²) >= 11 is 3.30. The van der Waals surface area contributed by atoms with Crippen LogP contribution in [0.3, 0.4) is 0 Å². The molecule has 0 bridgehead atoms. The van der Waals surface area contributed by atoms with E-state index in [1.807, 2.05) is 38.1 Å². The Labute approximate surface area is 132 Å². The summed E-state index contributed by atoms with van der Waals surface area (Å²) < 4.78 is 7.54. The van der Waals surface area contributed by atoms with Gasteiger partial charge in [0, 0.05) is 13.1 Å². The number of ether oxygens (including phenoxy) is 1. The van der Waals surface area contributed by atoms with Crippen LogP contribution >= 0.6 is 15.9 Å². The smallest absolute Gasteiger partial charge is 0.283 e. The topological polar surface area (TPSA) is 56.1 Å². The summed E-state index contributed by atoms with van der Waals surface area (Å²) in [5.41, 5.74) is 1.70. The Morgan fingerprint density at radius 3 is 2.95 bits per heavy atom. The minimum absolute atomic E-state index is 0.137. The van der Waals surface area contributed by atoms with Crippen LogP contribution in [0.5, 0.6) is 5.75 Å². The van der Waals surface area contributed by atoms with E-state index in [2.05, 4.69) is 26.3 Å². The van der Waals surface area contributed by atoms with Crippen LogP contribution in [0, 0.1) is 6.92 Å². The Morgan fingerprint density at radius 2 is 2.24 bits per heavy atom. The van der Waals surface area contributed by atoms with E-state index in [1.54, 1.807) is 6.20 Å². The fraction of sp³-hybridized carbons (Fsp3) is 0.333.